The Kier molecular flexibility index (Phi) is 34.8. The summed E-state index contributed by atoms with van der Waals surface area (Å²) >= 11 is 0. The Morgan fingerprint density at radius 1 is 1.05 bits per heavy atom. The van der Waals surface area contributed by atoms with Gasteiger partial charge in [-0.15, -0.1) is 6.54 Å². The summed E-state index contributed by atoms with van der Waals surface area (Å²) in [5.41, 5.74) is 1.53. The summed E-state index contributed by atoms with van der Waals surface area (Å²) in [6, 6.07) is 0. The fourth-order valence-corrected chi connectivity index (χ4v) is 1.27. The van der Waals surface area contributed by atoms with E-state index >= 15 is 0 Å². The first-order chi connectivity index (χ1) is 9.17. The largest absolute Gasteiger partial charge is 4.00 e. The molecule has 21 heavy (non-hydrogen) atoms. The SMILES string of the molecule is CC[N-]C.CC[N-]C.CC[N-]CC(C)C1=CC=CC1.[CH3-].[Ti+4]. The van der Waals surface area contributed by atoms with Gasteiger partial charge in [-0.1, -0.05) is 51.5 Å². The monoisotopic (exact) mass is 329 g/mol. The molecule has 1 atom stereocenters. The van der Waals surface area contributed by atoms with E-state index in [2.05, 4.69) is 48.0 Å². The van der Waals surface area contributed by atoms with E-state index in [1.165, 1.54) is 5.57 Å². The molecule has 0 aromatic heterocycles. The van der Waals surface area contributed by atoms with Crippen molar-refractivity contribution in [3.05, 3.63) is 47.2 Å². The van der Waals surface area contributed by atoms with Crippen molar-refractivity contribution in [3.63, 3.8) is 0 Å². The van der Waals surface area contributed by atoms with E-state index in [9.17, 15) is 0 Å². The maximum Gasteiger partial charge on any atom is 4.00 e. The zero-order valence-corrected chi connectivity index (χ0v) is 16.7. The number of nitrogens with zero attached hydrogens (tertiary/aromatic N) is 3. The van der Waals surface area contributed by atoms with Gasteiger partial charge in [0.25, 0.3) is 0 Å². The summed E-state index contributed by atoms with van der Waals surface area (Å²) in [6.07, 6.45) is 7.70. The third-order valence-corrected chi connectivity index (χ3v) is 2.69. The average molecular weight is 329 g/mol. The molecule has 0 heterocycles. The van der Waals surface area contributed by atoms with E-state index in [1.807, 2.05) is 13.8 Å². The van der Waals surface area contributed by atoms with Crippen LogP contribution < -0.4 is 0 Å². The van der Waals surface area contributed by atoms with Crippen LogP contribution in [0.3, 0.4) is 0 Å². The normalized spacial score (nSPS) is 12.6. The average Bonchev–Trinajstić information content (AvgIpc) is 2.99. The number of hydrogen-bond acceptors (Lipinski definition) is 0. The number of hydrogen-bond donors (Lipinski definition) is 0. The van der Waals surface area contributed by atoms with Gasteiger partial charge in [0.2, 0.25) is 0 Å². The minimum absolute atomic E-state index is 0. The fraction of sp³-hybridized carbons (Fsp3) is 0.706. The molecule has 122 valence electrons. The van der Waals surface area contributed by atoms with E-state index in [4.69, 9.17) is 0 Å². The van der Waals surface area contributed by atoms with Crippen molar-refractivity contribution in [2.24, 2.45) is 5.92 Å². The molecule has 0 bridgehead atoms. The van der Waals surface area contributed by atoms with Crippen molar-refractivity contribution < 1.29 is 21.7 Å². The molecule has 0 spiro atoms. The van der Waals surface area contributed by atoms with Crippen LogP contribution >= 0.6 is 0 Å². The second-order valence-corrected chi connectivity index (χ2v) is 4.26. The molecule has 0 N–H and O–H groups in total. The Hall–Kier alpha value is 0.0743. The first-order valence-electron chi connectivity index (χ1n) is 7.27. The van der Waals surface area contributed by atoms with Crippen molar-refractivity contribution in [2.45, 2.75) is 34.1 Å². The van der Waals surface area contributed by atoms with Crippen LogP contribution in [0.4, 0.5) is 0 Å². The van der Waals surface area contributed by atoms with Crippen molar-refractivity contribution in [1.82, 2.24) is 0 Å². The molecule has 0 radical (unpaired) electrons. The molecule has 1 unspecified atom stereocenters. The van der Waals surface area contributed by atoms with Crippen LogP contribution in [0.15, 0.2) is 23.8 Å². The standard InChI is InChI=1S/C10H16N.2C3H8N.CH3.Ti/c1-3-11-8-9(2)10-6-4-5-7-10;2*1-3-4-2;;/h4-6,9H,3,7-8H2,1-2H3;2*3H2,1-2H3;1H3;/q4*-1;+4. The van der Waals surface area contributed by atoms with Crippen molar-refractivity contribution in [1.29, 1.82) is 0 Å². The van der Waals surface area contributed by atoms with Crippen LogP contribution in [-0.2, 0) is 21.7 Å². The number of rotatable bonds is 6. The molecule has 0 saturated carbocycles. The zero-order chi connectivity index (χ0) is 14.9. The van der Waals surface area contributed by atoms with Gasteiger partial charge in [0, 0.05) is 0 Å². The van der Waals surface area contributed by atoms with E-state index in [-0.39, 0.29) is 29.1 Å². The molecule has 0 aromatic carbocycles. The quantitative estimate of drug-likeness (QED) is 0.464. The molecule has 0 fully saturated rings. The van der Waals surface area contributed by atoms with Crippen LogP contribution in [0.1, 0.15) is 34.1 Å². The Labute approximate surface area is 149 Å². The van der Waals surface area contributed by atoms with Gasteiger partial charge in [-0.3, -0.25) is 0 Å². The molecular weight excluding hydrogens is 294 g/mol. The summed E-state index contributed by atoms with van der Waals surface area (Å²) in [5.74, 6) is 0.643. The first kappa shape index (κ1) is 29.1. The molecule has 0 aromatic rings. The van der Waals surface area contributed by atoms with E-state index in [1.54, 1.807) is 14.1 Å². The topological polar surface area (TPSA) is 42.3 Å². The first-order valence-corrected chi connectivity index (χ1v) is 7.27. The van der Waals surface area contributed by atoms with Crippen molar-refractivity contribution in [2.75, 3.05) is 40.3 Å². The van der Waals surface area contributed by atoms with Gasteiger partial charge < -0.3 is 23.4 Å². The van der Waals surface area contributed by atoms with Gasteiger partial charge in [-0.05, 0) is 12.3 Å². The van der Waals surface area contributed by atoms with Crippen LogP contribution in [0.5, 0.6) is 0 Å². The molecular formula is C17H35N3Ti. The number of allylic oxidation sites excluding steroid dienone is 3. The Morgan fingerprint density at radius 3 is 1.81 bits per heavy atom. The van der Waals surface area contributed by atoms with E-state index in [0.717, 1.165) is 32.6 Å². The smallest absolute Gasteiger partial charge is 0.665 e. The third kappa shape index (κ3) is 22.5. The van der Waals surface area contributed by atoms with Crippen LogP contribution in [0.25, 0.3) is 16.0 Å². The van der Waals surface area contributed by atoms with Gasteiger partial charge in [-0.25, -0.2) is 0 Å². The molecule has 0 amide bonds. The van der Waals surface area contributed by atoms with Crippen LogP contribution in [-0.4, -0.2) is 40.3 Å². The molecule has 0 saturated heterocycles. The van der Waals surface area contributed by atoms with E-state index in [0.29, 0.717) is 5.92 Å². The summed E-state index contributed by atoms with van der Waals surface area (Å²) in [4.78, 5) is 0. The van der Waals surface area contributed by atoms with Crippen molar-refractivity contribution >= 4 is 0 Å². The van der Waals surface area contributed by atoms with Gasteiger partial charge in [0.05, 0.1) is 0 Å². The Bertz CT molecular complexity index is 220. The molecule has 1 aliphatic rings. The van der Waals surface area contributed by atoms with Crippen molar-refractivity contribution in [3.8, 4) is 0 Å². The predicted molar refractivity (Wildman–Crippen MR) is 95.8 cm³/mol. The molecule has 1 aliphatic carbocycles. The molecule has 0 aliphatic heterocycles. The maximum atomic E-state index is 4.35. The van der Waals surface area contributed by atoms with Gasteiger partial charge >= 0.3 is 21.7 Å². The second kappa shape index (κ2) is 25.1. The van der Waals surface area contributed by atoms with Gasteiger partial charge in [0.15, 0.2) is 0 Å². The second-order valence-electron chi connectivity index (χ2n) is 4.26. The van der Waals surface area contributed by atoms with Gasteiger partial charge in [0.1, 0.15) is 0 Å². The summed E-state index contributed by atoms with van der Waals surface area (Å²) in [6.45, 7) is 12.2. The Morgan fingerprint density at radius 2 is 1.52 bits per heavy atom. The summed E-state index contributed by atoms with van der Waals surface area (Å²) < 4.78 is 0. The molecule has 1 rings (SSSR count). The summed E-state index contributed by atoms with van der Waals surface area (Å²) in [5, 5.41) is 11.8. The van der Waals surface area contributed by atoms with Gasteiger partial charge in [-0.2, -0.15) is 33.7 Å². The Balaban J connectivity index is -0.000000123. The minimum atomic E-state index is 0. The van der Waals surface area contributed by atoms with E-state index < -0.39 is 0 Å². The predicted octanol–water partition coefficient (Wildman–Crippen LogP) is 5.37. The summed E-state index contributed by atoms with van der Waals surface area (Å²) in [7, 11) is 3.61. The molecule has 3 nitrogen and oxygen atoms in total. The minimum Gasteiger partial charge on any atom is -0.665 e. The third-order valence-electron chi connectivity index (χ3n) is 2.69. The zero-order valence-electron chi connectivity index (χ0n) is 15.2. The van der Waals surface area contributed by atoms with Crippen LogP contribution in [0.2, 0.25) is 0 Å². The molecule has 4 heteroatoms. The van der Waals surface area contributed by atoms with Crippen LogP contribution in [0, 0.1) is 13.3 Å². The maximum absolute atomic E-state index is 4.35. The fourth-order valence-electron chi connectivity index (χ4n) is 1.27.